The van der Waals surface area contributed by atoms with Gasteiger partial charge in [0, 0.05) is 18.2 Å². The van der Waals surface area contributed by atoms with Crippen molar-refractivity contribution >= 4 is 17.5 Å². The van der Waals surface area contributed by atoms with Crippen LogP contribution < -0.4 is 5.32 Å². The molecular formula is C22H25NO8. The normalized spacial score (nSPS) is 30.1. The average molecular weight is 431 g/mol. The molecule has 2 aliphatic heterocycles. The third kappa shape index (κ3) is 3.30. The first-order chi connectivity index (χ1) is 14.7. The molecule has 0 bridgehead atoms. The number of carbonyl (C=O) groups is 3. The second kappa shape index (κ2) is 8.35. The lowest BCUT2D eigenvalue weighted by Crippen LogP contribution is -2.60. The fraction of sp³-hybridized carbons (Fsp3) is 0.409. The van der Waals surface area contributed by atoms with Gasteiger partial charge < -0.3 is 30.1 Å². The van der Waals surface area contributed by atoms with Crippen molar-refractivity contribution in [2.45, 2.75) is 49.9 Å². The summed E-state index contributed by atoms with van der Waals surface area (Å²) in [4.78, 5) is 39.2. The Bertz CT molecular complexity index is 956. The van der Waals surface area contributed by atoms with Gasteiger partial charge >= 0.3 is 0 Å². The molecule has 2 heterocycles. The minimum Gasteiger partial charge on any atom is -0.467 e. The van der Waals surface area contributed by atoms with Gasteiger partial charge in [-0.25, -0.2) is 0 Å². The Morgan fingerprint density at radius 2 is 1.94 bits per heavy atom. The smallest absolute Gasteiger partial charge is 0.278 e. The molecule has 1 saturated heterocycles. The van der Waals surface area contributed by atoms with Crippen LogP contribution in [-0.4, -0.2) is 69.5 Å². The van der Waals surface area contributed by atoms with E-state index < -0.39 is 47.1 Å². The lowest BCUT2D eigenvalue weighted by Gasteiger charge is -2.32. The molecule has 0 saturated carbocycles. The van der Waals surface area contributed by atoms with Gasteiger partial charge in [0.15, 0.2) is 6.10 Å². The zero-order valence-electron chi connectivity index (χ0n) is 17.4. The molecule has 4 N–H and O–H groups in total. The maximum absolute atomic E-state index is 13.1. The first-order valence-electron chi connectivity index (χ1n) is 9.80. The Morgan fingerprint density at radius 1 is 1.29 bits per heavy atom. The third-order valence-electron chi connectivity index (χ3n) is 5.58. The highest BCUT2D eigenvalue weighted by Gasteiger charge is 2.74. The van der Waals surface area contributed by atoms with Crippen LogP contribution in [0.3, 0.4) is 0 Å². The minimum atomic E-state index is -2.53. The molecule has 1 aromatic rings. The number of nitrogens with one attached hydrogen (secondary N) is 1. The van der Waals surface area contributed by atoms with Crippen LogP contribution >= 0.6 is 0 Å². The van der Waals surface area contributed by atoms with Crippen LogP contribution in [0.25, 0.3) is 0 Å². The lowest BCUT2D eigenvalue weighted by atomic mass is 9.85. The number of carbonyl (C=O) groups excluding carboxylic acids is 3. The average Bonchev–Trinajstić information content (AvgIpc) is 3.18. The Balaban J connectivity index is 1.99. The highest BCUT2D eigenvalue weighted by Crippen LogP contribution is 2.44. The number of ketones is 2. The van der Waals surface area contributed by atoms with Crippen molar-refractivity contribution in [1.29, 1.82) is 0 Å². The predicted molar refractivity (Wildman–Crippen MR) is 108 cm³/mol. The number of amides is 1. The van der Waals surface area contributed by atoms with Gasteiger partial charge in [0.25, 0.3) is 11.5 Å². The van der Waals surface area contributed by atoms with Gasteiger partial charge in [0.05, 0.1) is 0 Å². The molecule has 2 aliphatic rings. The Hall–Kier alpha value is -2.85. The molecule has 9 heteroatoms. The van der Waals surface area contributed by atoms with Gasteiger partial charge in [-0.05, 0) is 13.3 Å². The summed E-state index contributed by atoms with van der Waals surface area (Å²) in [5.41, 5.74) is -4.83. The standard InChI is InChI=1S/C22H25NO8/c1-4-5-11-14(24)15(25)16-12(2)17(26)21(31-16)19(28)22(30-3,23-20(21)29)18(27)13-9-7-6-8-10-13/h5-11,14-15,19,24-25,28H,4H2,1-3H3,(H,23,29)/b11-5-/t14-,15?,19?,21+,22+/m0/s1. The first-order valence-corrected chi connectivity index (χ1v) is 9.80. The summed E-state index contributed by atoms with van der Waals surface area (Å²) in [5.74, 6) is -3.15. The molecule has 0 aromatic heterocycles. The monoisotopic (exact) mass is 431 g/mol. The molecule has 9 nitrogen and oxygen atoms in total. The van der Waals surface area contributed by atoms with E-state index in [1.807, 2.05) is 6.92 Å². The zero-order chi connectivity index (χ0) is 23.0. The van der Waals surface area contributed by atoms with E-state index in [-0.39, 0.29) is 16.9 Å². The quantitative estimate of drug-likeness (QED) is 0.269. The van der Waals surface area contributed by atoms with E-state index in [1.165, 1.54) is 25.1 Å². The van der Waals surface area contributed by atoms with Crippen LogP contribution in [0.4, 0.5) is 0 Å². The molecule has 31 heavy (non-hydrogen) atoms. The summed E-state index contributed by atoms with van der Waals surface area (Å²) < 4.78 is 10.8. The predicted octanol–water partition coefficient (Wildman–Crippen LogP) is 0.00280. The van der Waals surface area contributed by atoms with Crippen molar-refractivity contribution in [3.63, 3.8) is 0 Å². The SMILES string of the molecule is CC/C=C\[C@H](O)C(O)C1=C(C)C(=O)[C@]2(O1)C(=O)N[C@@](OC)(C(=O)c1ccccc1)C2O. The maximum atomic E-state index is 13.1. The number of methoxy groups -OCH3 is 1. The van der Waals surface area contributed by atoms with E-state index in [0.717, 1.165) is 7.11 Å². The molecule has 2 unspecified atom stereocenters. The van der Waals surface area contributed by atoms with Crippen LogP contribution in [0.5, 0.6) is 0 Å². The van der Waals surface area contributed by atoms with E-state index in [9.17, 15) is 29.7 Å². The first kappa shape index (κ1) is 22.8. The van der Waals surface area contributed by atoms with Gasteiger partial charge in [-0.1, -0.05) is 49.4 Å². The Morgan fingerprint density at radius 3 is 2.52 bits per heavy atom. The van der Waals surface area contributed by atoms with Crippen molar-refractivity contribution < 1.29 is 39.2 Å². The number of benzene rings is 1. The third-order valence-corrected chi connectivity index (χ3v) is 5.58. The van der Waals surface area contributed by atoms with Gasteiger partial charge in [-0.2, -0.15) is 0 Å². The summed E-state index contributed by atoms with van der Waals surface area (Å²) >= 11 is 0. The van der Waals surface area contributed by atoms with Gasteiger partial charge in [0.1, 0.15) is 18.0 Å². The van der Waals surface area contributed by atoms with Crippen molar-refractivity contribution in [3.05, 3.63) is 59.4 Å². The van der Waals surface area contributed by atoms with Crippen molar-refractivity contribution in [2.24, 2.45) is 0 Å². The largest absolute Gasteiger partial charge is 0.467 e. The topological polar surface area (TPSA) is 142 Å². The van der Waals surface area contributed by atoms with Gasteiger partial charge in [-0.3, -0.25) is 14.4 Å². The molecule has 3 rings (SSSR count). The second-order valence-electron chi connectivity index (χ2n) is 7.42. The van der Waals surface area contributed by atoms with Gasteiger partial charge in [-0.15, -0.1) is 0 Å². The van der Waals surface area contributed by atoms with Crippen molar-refractivity contribution in [3.8, 4) is 0 Å². The van der Waals surface area contributed by atoms with Crippen LogP contribution in [0, 0.1) is 0 Å². The fourth-order valence-electron chi connectivity index (χ4n) is 3.81. The summed E-state index contributed by atoms with van der Waals surface area (Å²) in [6, 6.07) is 7.82. The van der Waals surface area contributed by atoms with Crippen LogP contribution in [-0.2, 0) is 19.1 Å². The Labute approximate surface area is 179 Å². The number of aliphatic hydroxyl groups excluding tert-OH is 3. The number of aliphatic hydroxyl groups is 3. The lowest BCUT2D eigenvalue weighted by molar-refractivity contribution is -0.163. The molecule has 1 amide bonds. The number of hydrogen-bond donors (Lipinski definition) is 4. The van der Waals surface area contributed by atoms with Crippen molar-refractivity contribution in [1.82, 2.24) is 5.32 Å². The van der Waals surface area contributed by atoms with Gasteiger partial charge in [0.2, 0.25) is 17.3 Å². The van der Waals surface area contributed by atoms with E-state index in [0.29, 0.717) is 6.42 Å². The van der Waals surface area contributed by atoms with E-state index in [2.05, 4.69) is 5.32 Å². The molecule has 5 atom stereocenters. The summed E-state index contributed by atoms with van der Waals surface area (Å²) in [6.45, 7) is 3.13. The van der Waals surface area contributed by atoms with Crippen LogP contribution in [0.2, 0.25) is 0 Å². The minimum absolute atomic E-state index is 0.135. The summed E-state index contributed by atoms with van der Waals surface area (Å²) in [5, 5.41) is 34.0. The summed E-state index contributed by atoms with van der Waals surface area (Å²) in [6.07, 6.45) is -1.60. The summed E-state index contributed by atoms with van der Waals surface area (Å²) in [7, 11) is 1.11. The molecule has 1 aromatic carbocycles. The Kier molecular flexibility index (Phi) is 6.15. The highest BCUT2D eigenvalue weighted by atomic mass is 16.6. The maximum Gasteiger partial charge on any atom is 0.278 e. The fourth-order valence-corrected chi connectivity index (χ4v) is 3.81. The van der Waals surface area contributed by atoms with E-state index >= 15 is 0 Å². The van der Waals surface area contributed by atoms with E-state index in [1.54, 1.807) is 24.3 Å². The van der Waals surface area contributed by atoms with Crippen molar-refractivity contribution in [2.75, 3.05) is 7.11 Å². The molecular weight excluding hydrogens is 406 g/mol. The number of ether oxygens (including phenoxy) is 2. The molecule has 1 spiro atoms. The molecule has 166 valence electrons. The number of Topliss-reactive ketones (excluding diaryl/α,β-unsaturated/α-hetero) is 2. The van der Waals surface area contributed by atoms with Crippen LogP contribution in [0.15, 0.2) is 53.8 Å². The highest BCUT2D eigenvalue weighted by molar-refractivity contribution is 6.23. The van der Waals surface area contributed by atoms with Crippen LogP contribution in [0.1, 0.15) is 30.6 Å². The second-order valence-corrected chi connectivity index (χ2v) is 7.42. The van der Waals surface area contributed by atoms with E-state index in [4.69, 9.17) is 9.47 Å². The number of allylic oxidation sites excluding steroid dienone is 1. The molecule has 0 aliphatic carbocycles. The molecule has 0 radical (unpaired) electrons. The zero-order valence-corrected chi connectivity index (χ0v) is 17.4. The molecule has 1 fully saturated rings. The number of hydrogen-bond acceptors (Lipinski definition) is 8. The number of rotatable bonds is 7.